The molecule has 0 saturated carbocycles. The van der Waals surface area contributed by atoms with Gasteiger partial charge in [0.05, 0.1) is 11.3 Å². The maximum Gasteiger partial charge on any atom is 0.234 e. The molecule has 4 nitrogen and oxygen atoms in total. The van der Waals surface area contributed by atoms with E-state index in [0.717, 1.165) is 47.3 Å². The van der Waals surface area contributed by atoms with E-state index in [4.69, 9.17) is 0 Å². The highest BCUT2D eigenvalue weighted by molar-refractivity contribution is 8.00. The molecule has 0 atom stereocenters. The van der Waals surface area contributed by atoms with Gasteiger partial charge in [-0.25, -0.2) is 4.98 Å². The van der Waals surface area contributed by atoms with Crippen molar-refractivity contribution >= 4 is 23.4 Å². The lowest BCUT2D eigenvalue weighted by Crippen LogP contribution is -2.14. The molecule has 1 aliphatic carbocycles. The van der Waals surface area contributed by atoms with Gasteiger partial charge in [-0.15, -0.1) is 0 Å². The van der Waals surface area contributed by atoms with E-state index in [0.29, 0.717) is 10.6 Å². The fourth-order valence-electron chi connectivity index (χ4n) is 3.36. The highest BCUT2D eigenvalue weighted by Gasteiger charge is 2.21. The molecular formula is C20H21N3OS. The van der Waals surface area contributed by atoms with Gasteiger partial charge >= 0.3 is 0 Å². The summed E-state index contributed by atoms with van der Waals surface area (Å²) < 4.78 is 0. The van der Waals surface area contributed by atoms with Gasteiger partial charge in [0.1, 0.15) is 11.1 Å². The summed E-state index contributed by atoms with van der Waals surface area (Å²) in [4.78, 5) is 16.9. The zero-order chi connectivity index (χ0) is 18.0. The first-order valence-corrected chi connectivity index (χ1v) is 9.40. The van der Waals surface area contributed by atoms with Gasteiger partial charge in [-0.05, 0) is 74.4 Å². The number of aromatic nitrogens is 1. The number of fused-ring (bicyclic) bond motifs is 1. The van der Waals surface area contributed by atoms with E-state index in [9.17, 15) is 10.1 Å². The van der Waals surface area contributed by atoms with E-state index in [2.05, 4.69) is 22.4 Å². The lowest BCUT2D eigenvalue weighted by atomic mass is 10.0. The molecular weight excluding hydrogens is 330 g/mol. The predicted molar refractivity (Wildman–Crippen MR) is 101 cm³/mol. The van der Waals surface area contributed by atoms with Crippen LogP contribution in [0.1, 0.15) is 39.9 Å². The van der Waals surface area contributed by atoms with E-state index in [1.807, 2.05) is 32.9 Å². The van der Waals surface area contributed by atoms with Crippen molar-refractivity contribution < 1.29 is 4.79 Å². The Morgan fingerprint density at radius 1 is 1.24 bits per heavy atom. The predicted octanol–water partition coefficient (Wildman–Crippen LogP) is 4.10. The van der Waals surface area contributed by atoms with Crippen molar-refractivity contribution in [2.45, 2.75) is 45.1 Å². The average molecular weight is 351 g/mol. The number of hydrogen-bond donors (Lipinski definition) is 1. The molecule has 1 heterocycles. The number of carbonyl (C=O) groups excluding carboxylic acids is 1. The van der Waals surface area contributed by atoms with Crippen molar-refractivity contribution in [3.63, 3.8) is 0 Å². The number of nitrogens with zero attached hydrogens (tertiary/aromatic N) is 2. The number of nitrogens with one attached hydrogen (secondary N) is 1. The zero-order valence-electron chi connectivity index (χ0n) is 14.8. The summed E-state index contributed by atoms with van der Waals surface area (Å²) in [5.74, 6) is 0.159. The molecule has 1 amide bonds. The van der Waals surface area contributed by atoms with E-state index < -0.39 is 0 Å². The third-order valence-corrected chi connectivity index (χ3v) is 5.40. The van der Waals surface area contributed by atoms with Crippen LogP contribution >= 0.6 is 11.8 Å². The molecule has 5 heteroatoms. The highest BCUT2D eigenvalue weighted by atomic mass is 32.2. The number of hydrogen-bond acceptors (Lipinski definition) is 4. The largest absolute Gasteiger partial charge is 0.325 e. The summed E-state index contributed by atoms with van der Waals surface area (Å²) in [5, 5.41) is 13.1. The Labute approximate surface area is 152 Å². The number of amides is 1. The average Bonchev–Trinajstić information content (AvgIpc) is 3.00. The minimum absolute atomic E-state index is 0.0844. The van der Waals surface area contributed by atoms with E-state index >= 15 is 0 Å². The van der Waals surface area contributed by atoms with Crippen LogP contribution in [0.2, 0.25) is 0 Å². The highest BCUT2D eigenvalue weighted by Crippen LogP contribution is 2.31. The second kappa shape index (κ2) is 7.28. The summed E-state index contributed by atoms with van der Waals surface area (Å²) >= 11 is 1.34. The van der Waals surface area contributed by atoms with Gasteiger partial charge in [0, 0.05) is 11.4 Å². The van der Waals surface area contributed by atoms with Crippen molar-refractivity contribution in [2.24, 2.45) is 0 Å². The first kappa shape index (κ1) is 17.5. The molecule has 128 valence electrons. The first-order chi connectivity index (χ1) is 12.0. The second-order valence-electron chi connectivity index (χ2n) is 6.52. The number of thioether (sulfide) groups is 1. The van der Waals surface area contributed by atoms with Gasteiger partial charge in [-0.3, -0.25) is 4.79 Å². The number of benzene rings is 1. The molecule has 2 aromatic rings. The molecule has 3 rings (SSSR count). The number of anilines is 1. The third-order valence-electron chi connectivity index (χ3n) is 4.42. The Morgan fingerprint density at radius 2 is 1.96 bits per heavy atom. The number of pyridine rings is 1. The molecule has 1 N–H and O–H groups in total. The molecule has 1 aliphatic rings. The van der Waals surface area contributed by atoms with Crippen LogP contribution < -0.4 is 5.32 Å². The van der Waals surface area contributed by atoms with E-state index in [1.54, 1.807) is 0 Å². The van der Waals surface area contributed by atoms with Crippen LogP contribution in [0.3, 0.4) is 0 Å². The van der Waals surface area contributed by atoms with Crippen LogP contribution in [0.5, 0.6) is 0 Å². The lowest BCUT2D eigenvalue weighted by molar-refractivity contribution is -0.113. The minimum Gasteiger partial charge on any atom is -0.325 e. The zero-order valence-corrected chi connectivity index (χ0v) is 15.6. The van der Waals surface area contributed by atoms with Crippen LogP contribution in [-0.4, -0.2) is 16.6 Å². The van der Waals surface area contributed by atoms with Gasteiger partial charge in [0.25, 0.3) is 0 Å². The van der Waals surface area contributed by atoms with E-state index in [-0.39, 0.29) is 11.7 Å². The summed E-state index contributed by atoms with van der Waals surface area (Å²) in [7, 11) is 0. The molecule has 1 aromatic heterocycles. The standard InChI is InChI=1S/C20H21N3OS/c1-12-7-13(2)9-15(8-12)22-19(24)11-25-20-17(10-21)14(3)16-5-4-6-18(16)23-20/h7-9H,4-6,11H2,1-3H3,(H,22,24). The molecule has 0 radical (unpaired) electrons. The van der Waals surface area contributed by atoms with Crippen molar-refractivity contribution in [1.82, 2.24) is 4.98 Å². The maximum atomic E-state index is 12.3. The smallest absolute Gasteiger partial charge is 0.234 e. The quantitative estimate of drug-likeness (QED) is 0.842. The second-order valence-corrected chi connectivity index (χ2v) is 7.48. The van der Waals surface area contributed by atoms with Gasteiger partial charge in [0.15, 0.2) is 0 Å². The fraction of sp³-hybridized carbons (Fsp3) is 0.350. The monoisotopic (exact) mass is 351 g/mol. The SMILES string of the molecule is Cc1cc(C)cc(NC(=O)CSc2nc3c(c(C)c2C#N)CCC3)c1. The Kier molecular flexibility index (Phi) is 5.10. The summed E-state index contributed by atoms with van der Waals surface area (Å²) in [6.45, 7) is 6.01. The van der Waals surface area contributed by atoms with Gasteiger partial charge in [-0.2, -0.15) is 5.26 Å². The molecule has 0 bridgehead atoms. The minimum atomic E-state index is -0.0844. The number of rotatable bonds is 4. The van der Waals surface area contributed by atoms with Gasteiger partial charge in [-0.1, -0.05) is 17.8 Å². The van der Waals surface area contributed by atoms with Gasteiger partial charge < -0.3 is 5.32 Å². The summed E-state index contributed by atoms with van der Waals surface area (Å²) in [6, 6.07) is 8.24. The molecule has 0 spiro atoms. The van der Waals surface area contributed by atoms with Crippen molar-refractivity contribution in [3.05, 3.63) is 51.7 Å². The maximum absolute atomic E-state index is 12.3. The van der Waals surface area contributed by atoms with Crippen LogP contribution in [0, 0.1) is 32.1 Å². The summed E-state index contributed by atoms with van der Waals surface area (Å²) in [5.41, 5.74) is 7.00. The van der Waals surface area contributed by atoms with Crippen LogP contribution in [-0.2, 0) is 17.6 Å². The van der Waals surface area contributed by atoms with Gasteiger partial charge in [0.2, 0.25) is 5.91 Å². The molecule has 0 unspecified atom stereocenters. The normalized spacial score (nSPS) is 12.6. The Morgan fingerprint density at radius 3 is 2.64 bits per heavy atom. The molecule has 0 fully saturated rings. The number of nitriles is 1. The van der Waals surface area contributed by atoms with Crippen LogP contribution in [0.4, 0.5) is 5.69 Å². The summed E-state index contributed by atoms with van der Waals surface area (Å²) in [6.07, 6.45) is 3.06. The van der Waals surface area contributed by atoms with Crippen LogP contribution in [0.25, 0.3) is 0 Å². The van der Waals surface area contributed by atoms with E-state index in [1.165, 1.54) is 17.3 Å². The number of aryl methyl sites for hydroxylation is 3. The Bertz CT molecular complexity index is 863. The Hall–Kier alpha value is -2.32. The van der Waals surface area contributed by atoms with Crippen molar-refractivity contribution in [3.8, 4) is 6.07 Å². The first-order valence-electron chi connectivity index (χ1n) is 8.41. The Balaban J connectivity index is 1.72. The number of carbonyl (C=O) groups is 1. The van der Waals surface area contributed by atoms with Crippen LogP contribution in [0.15, 0.2) is 23.2 Å². The van der Waals surface area contributed by atoms with Crippen molar-refractivity contribution in [1.29, 1.82) is 5.26 Å². The molecule has 25 heavy (non-hydrogen) atoms. The molecule has 0 aliphatic heterocycles. The molecule has 1 aromatic carbocycles. The van der Waals surface area contributed by atoms with Crippen molar-refractivity contribution in [2.75, 3.05) is 11.1 Å². The topological polar surface area (TPSA) is 65.8 Å². The fourth-order valence-corrected chi connectivity index (χ4v) is 4.22. The lowest BCUT2D eigenvalue weighted by Gasteiger charge is -2.11. The molecule has 0 saturated heterocycles. The third kappa shape index (κ3) is 3.85.